The molecule has 6 heteroatoms. The van der Waals surface area contributed by atoms with E-state index in [4.69, 9.17) is 4.55 Å². The normalized spacial score (nSPS) is 15.3. The highest BCUT2D eigenvalue weighted by atomic mass is 32.2. The van der Waals surface area contributed by atoms with Crippen LogP contribution in [0.5, 0.6) is 0 Å². The zero-order valence-electron chi connectivity index (χ0n) is 4.90. The van der Waals surface area contributed by atoms with Crippen LogP contribution in [0.25, 0.3) is 0 Å². The molecule has 56 valence electrons. The Morgan fingerprint density at radius 2 is 2.00 bits per heavy atom. The van der Waals surface area contributed by atoms with Crippen LogP contribution in [0.1, 0.15) is 0 Å². The number of hydrogen-bond acceptors (Lipinski definition) is 3. The second kappa shape index (κ2) is 3.28. The van der Waals surface area contributed by atoms with Gasteiger partial charge < -0.3 is 4.55 Å². The first-order valence-electron chi connectivity index (χ1n) is 2.17. The summed E-state index contributed by atoms with van der Waals surface area (Å²) in [5.74, 6) is -0.422. The van der Waals surface area contributed by atoms with E-state index in [1.165, 1.54) is 0 Å². The van der Waals surface area contributed by atoms with E-state index in [0.717, 1.165) is 6.26 Å². The van der Waals surface area contributed by atoms with Gasteiger partial charge in [0.1, 0.15) is 9.84 Å². The molecule has 0 radical (unpaired) electrons. The monoisotopic (exact) mass is 172 g/mol. The molecule has 1 N–H and O–H groups in total. The Hall–Kier alpha value is 0.0600. The summed E-state index contributed by atoms with van der Waals surface area (Å²) >= 11 is -1.99. The topological polar surface area (TPSA) is 71.4 Å². The van der Waals surface area contributed by atoms with Crippen LogP contribution in [-0.2, 0) is 20.9 Å². The minimum atomic E-state index is -3.07. The van der Waals surface area contributed by atoms with E-state index < -0.39 is 20.9 Å². The van der Waals surface area contributed by atoms with Crippen molar-refractivity contribution >= 4 is 20.9 Å². The smallest absolute Gasteiger partial charge is 0.153 e. The summed E-state index contributed by atoms with van der Waals surface area (Å²) in [4.78, 5) is 0. The van der Waals surface area contributed by atoms with E-state index in [1.54, 1.807) is 0 Å². The molecule has 0 bridgehead atoms. The van der Waals surface area contributed by atoms with Crippen molar-refractivity contribution in [1.29, 1.82) is 0 Å². The molecule has 0 amide bonds. The molecule has 0 aromatic carbocycles. The van der Waals surface area contributed by atoms with Gasteiger partial charge in [0, 0.05) is 6.26 Å². The van der Waals surface area contributed by atoms with Crippen molar-refractivity contribution in [3.05, 3.63) is 0 Å². The van der Waals surface area contributed by atoms with Crippen LogP contribution < -0.4 is 0 Å². The lowest BCUT2D eigenvalue weighted by molar-refractivity contribution is 0.563. The summed E-state index contributed by atoms with van der Waals surface area (Å²) in [5, 5.41) is 0. The minimum Gasteiger partial charge on any atom is -0.306 e. The van der Waals surface area contributed by atoms with Crippen LogP contribution in [0.15, 0.2) is 0 Å². The predicted molar refractivity (Wildman–Crippen MR) is 35.3 cm³/mol. The van der Waals surface area contributed by atoms with Crippen molar-refractivity contribution in [3.63, 3.8) is 0 Å². The summed E-state index contributed by atoms with van der Waals surface area (Å²) in [6.07, 6.45) is 1.03. The van der Waals surface area contributed by atoms with Crippen LogP contribution in [0.4, 0.5) is 0 Å². The maximum absolute atomic E-state index is 10.3. The molecule has 0 rings (SSSR count). The van der Waals surface area contributed by atoms with Crippen LogP contribution in [0.3, 0.4) is 0 Å². The first-order chi connectivity index (χ1) is 3.92. The van der Waals surface area contributed by atoms with Gasteiger partial charge in [-0.2, -0.15) is 0 Å². The van der Waals surface area contributed by atoms with Gasteiger partial charge in [-0.25, -0.2) is 12.6 Å². The summed E-state index contributed by atoms with van der Waals surface area (Å²) in [6, 6.07) is 0. The Kier molecular flexibility index (Phi) is 3.31. The molecule has 0 aliphatic rings. The molecule has 0 aliphatic carbocycles. The van der Waals surface area contributed by atoms with E-state index in [9.17, 15) is 12.6 Å². The van der Waals surface area contributed by atoms with E-state index in [0.29, 0.717) is 0 Å². The molecule has 4 nitrogen and oxygen atoms in total. The largest absolute Gasteiger partial charge is 0.306 e. The van der Waals surface area contributed by atoms with Gasteiger partial charge in [-0.3, -0.25) is 0 Å². The number of sulfone groups is 1. The lowest BCUT2D eigenvalue weighted by atomic mass is 11.0. The van der Waals surface area contributed by atoms with Gasteiger partial charge >= 0.3 is 0 Å². The van der Waals surface area contributed by atoms with Gasteiger partial charge in [-0.1, -0.05) is 0 Å². The molecule has 0 aliphatic heterocycles. The van der Waals surface area contributed by atoms with Crippen molar-refractivity contribution in [2.75, 3.05) is 17.8 Å². The first kappa shape index (κ1) is 9.06. The predicted octanol–water partition coefficient (Wildman–Crippen LogP) is -0.747. The SMILES string of the molecule is CS(=O)(=O)CCS(=O)O. The van der Waals surface area contributed by atoms with Gasteiger partial charge in [0.25, 0.3) is 0 Å². The van der Waals surface area contributed by atoms with Crippen LogP contribution in [-0.4, -0.2) is 34.9 Å². The fourth-order valence-electron chi connectivity index (χ4n) is 0.223. The van der Waals surface area contributed by atoms with Crippen molar-refractivity contribution < 1.29 is 17.2 Å². The van der Waals surface area contributed by atoms with Crippen molar-refractivity contribution in [1.82, 2.24) is 0 Å². The highest BCUT2D eigenvalue weighted by Gasteiger charge is 2.03. The van der Waals surface area contributed by atoms with Gasteiger partial charge in [-0.05, 0) is 0 Å². The fourth-order valence-corrected chi connectivity index (χ4v) is 2.00. The number of hydrogen-bond donors (Lipinski definition) is 1. The van der Waals surface area contributed by atoms with Gasteiger partial charge in [0.05, 0.1) is 11.5 Å². The highest BCUT2D eigenvalue weighted by molar-refractivity contribution is 7.91. The quantitative estimate of drug-likeness (QED) is 0.569. The van der Waals surface area contributed by atoms with E-state index >= 15 is 0 Å². The third kappa shape index (κ3) is 8.06. The standard InChI is InChI=1S/C3H8O4S2/c1-9(6,7)3-2-8(4)5/h2-3H2,1H3,(H,4,5). The first-order valence-corrected chi connectivity index (χ1v) is 5.50. The molecule has 9 heavy (non-hydrogen) atoms. The molecular weight excluding hydrogens is 164 g/mol. The molecule has 0 aromatic rings. The Balaban J connectivity index is 3.67. The van der Waals surface area contributed by atoms with E-state index in [2.05, 4.69) is 0 Å². The zero-order chi connectivity index (χ0) is 7.49. The van der Waals surface area contributed by atoms with Gasteiger partial charge in [0.15, 0.2) is 11.1 Å². The Bertz CT molecular complexity index is 192. The maximum Gasteiger partial charge on any atom is 0.153 e. The molecule has 0 heterocycles. The molecule has 1 unspecified atom stereocenters. The summed E-state index contributed by atoms with van der Waals surface area (Å²) < 4.78 is 38.6. The molecule has 0 saturated carbocycles. The third-order valence-electron chi connectivity index (χ3n) is 0.629. The van der Waals surface area contributed by atoms with Crippen LogP contribution in [0, 0.1) is 0 Å². The molecule has 0 fully saturated rings. The lowest BCUT2D eigenvalue weighted by Crippen LogP contribution is -2.10. The third-order valence-corrected chi connectivity index (χ3v) is 2.39. The van der Waals surface area contributed by atoms with Gasteiger partial charge in [-0.15, -0.1) is 0 Å². The number of rotatable bonds is 3. The van der Waals surface area contributed by atoms with Gasteiger partial charge in [0.2, 0.25) is 0 Å². The van der Waals surface area contributed by atoms with E-state index in [-0.39, 0.29) is 11.5 Å². The van der Waals surface area contributed by atoms with E-state index in [1.807, 2.05) is 0 Å². The Morgan fingerprint density at radius 3 is 2.11 bits per heavy atom. The Labute approximate surface area is 56.5 Å². The van der Waals surface area contributed by atoms with Crippen LogP contribution >= 0.6 is 0 Å². The second-order valence-corrected chi connectivity index (χ2v) is 4.97. The maximum atomic E-state index is 10.3. The van der Waals surface area contributed by atoms with Crippen molar-refractivity contribution in [2.24, 2.45) is 0 Å². The average molecular weight is 172 g/mol. The fraction of sp³-hybridized carbons (Fsp3) is 1.00. The molecule has 0 spiro atoms. The molecule has 0 aromatic heterocycles. The highest BCUT2D eigenvalue weighted by Crippen LogP contribution is 1.83. The van der Waals surface area contributed by atoms with Crippen LogP contribution in [0.2, 0.25) is 0 Å². The zero-order valence-corrected chi connectivity index (χ0v) is 6.54. The minimum absolute atomic E-state index is 0.196. The molecular formula is C3H8O4S2. The molecule has 1 atom stereocenters. The van der Waals surface area contributed by atoms with Crippen molar-refractivity contribution in [2.45, 2.75) is 0 Å². The van der Waals surface area contributed by atoms with Crippen molar-refractivity contribution in [3.8, 4) is 0 Å². The Morgan fingerprint density at radius 1 is 1.56 bits per heavy atom. The summed E-state index contributed by atoms with van der Waals surface area (Å²) in [7, 11) is -3.07. The molecule has 0 saturated heterocycles. The second-order valence-electron chi connectivity index (χ2n) is 1.66. The average Bonchev–Trinajstić information content (AvgIpc) is 1.59. The summed E-state index contributed by atoms with van der Waals surface area (Å²) in [5.41, 5.74) is 0. The summed E-state index contributed by atoms with van der Waals surface area (Å²) in [6.45, 7) is 0. The lowest BCUT2D eigenvalue weighted by Gasteiger charge is -1.91.